The number of nitriles is 1. The maximum absolute atomic E-state index is 9.11. The Balaban J connectivity index is 2.41. The lowest BCUT2D eigenvalue weighted by Gasteiger charge is -2.10. The number of nitrogens with one attached hydrogen (secondary N) is 1. The van der Waals surface area contributed by atoms with Gasteiger partial charge in [0, 0.05) is 11.2 Å². The van der Waals surface area contributed by atoms with E-state index in [0.29, 0.717) is 27.1 Å². The number of aryl methyl sites for hydroxylation is 1. The van der Waals surface area contributed by atoms with E-state index in [-0.39, 0.29) is 0 Å². The molecule has 2 aromatic rings. The number of pyridine rings is 1. The Hall–Kier alpha value is -1.76. The quantitative estimate of drug-likeness (QED) is 0.890. The molecule has 90 valence electrons. The minimum atomic E-state index is 0.481. The summed E-state index contributed by atoms with van der Waals surface area (Å²) < 4.78 is 0. The first kappa shape index (κ1) is 12.7. The number of benzene rings is 1. The smallest absolute Gasteiger partial charge is 0.148 e. The van der Waals surface area contributed by atoms with Crippen LogP contribution in [0.1, 0.15) is 11.1 Å². The molecule has 0 spiro atoms. The van der Waals surface area contributed by atoms with Gasteiger partial charge in [0.05, 0.1) is 16.3 Å². The lowest BCUT2D eigenvalue weighted by molar-refractivity contribution is 1.24. The molecule has 0 fully saturated rings. The fraction of sp³-hybridized carbons (Fsp3) is 0.0769. The van der Waals surface area contributed by atoms with Crippen LogP contribution in [0.2, 0.25) is 10.0 Å². The molecular weight excluding hydrogens is 269 g/mol. The summed E-state index contributed by atoms with van der Waals surface area (Å²) in [6.07, 6.45) is 1.64. The first-order chi connectivity index (χ1) is 8.61. The van der Waals surface area contributed by atoms with Gasteiger partial charge < -0.3 is 5.32 Å². The third kappa shape index (κ3) is 2.56. The SMILES string of the molecule is Cc1ccnc(Nc2ccc(Cl)cc2Cl)c1C#N. The van der Waals surface area contributed by atoms with Crippen LogP contribution >= 0.6 is 23.2 Å². The molecule has 0 saturated heterocycles. The molecule has 5 heteroatoms. The Labute approximate surface area is 115 Å². The van der Waals surface area contributed by atoms with Crippen molar-refractivity contribution in [3.05, 3.63) is 51.6 Å². The van der Waals surface area contributed by atoms with Crippen molar-refractivity contribution >= 4 is 34.7 Å². The molecule has 0 unspecified atom stereocenters. The van der Waals surface area contributed by atoms with Crippen molar-refractivity contribution in [1.29, 1.82) is 5.26 Å². The Kier molecular flexibility index (Phi) is 3.71. The highest BCUT2D eigenvalue weighted by molar-refractivity contribution is 6.36. The van der Waals surface area contributed by atoms with Gasteiger partial charge >= 0.3 is 0 Å². The standard InChI is InChI=1S/C13H9Cl2N3/c1-8-4-5-17-13(10(8)7-16)18-12-3-2-9(14)6-11(12)15/h2-6H,1H3,(H,17,18). The third-order valence-corrected chi connectivity index (χ3v) is 3.00. The molecule has 0 saturated carbocycles. The van der Waals surface area contributed by atoms with Crippen LogP contribution in [0.5, 0.6) is 0 Å². The Morgan fingerprint density at radius 2 is 2.06 bits per heavy atom. The van der Waals surface area contributed by atoms with E-state index in [1.807, 2.05) is 6.92 Å². The number of aromatic nitrogens is 1. The van der Waals surface area contributed by atoms with Gasteiger partial charge in [0.2, 0.25) is 0 Å². The molecule has 2 rings (SSSR count). The molecule has 1 N–H and O–H groups in total. The second-order valence-electron chi connectivity index (χ2n) is 3.71. The lowest BCUT2D eigenvalue weighted by atomic mass is 10.1. The number of anilines is 2. The second kappa shape index (κ2) is 5.26. The second-order valence-corrected chi connectivity index (χ2v) is 4.56. The molecule has 1 aromatic heterocycles. The van der Waals surface area contributed by atoms with E-state index >= 15 is 0 Å². The van der Waals surface area contributed by atoms with Gasteiger partial charge in [-0.2, -0.15) is 5.26 Å². The molecule has 0 bridgehead atoms. The van der Waals surface area contributed by atoms with Crippen molar-refractivity contribution in [2.75, 3.05) is 5.32 Å². The van der Waals surface area contributed by atoms with Crippen molar-refractivity contribution in [3.63, 3.8) is 0 Å². The molecule has 0 aliphatic carbocycles. The lowest BCUT2D eigenvalue weighted by Crippen LogP contribution is -1.99. The topological polar surface area (TPSA) is 48.7 Å². The summed E-state index contributed by atoms with van der Waals surface area (Å²) in [5.74, 6) is 0.488. The molecular formula is C13H9Cl2N3. The van der Waals surface area contributed by atoms with Crippen molar-refractivity contribution in [1.82, 2.24) is 4.98 Å². The molecule has 3 nitrogen and oxygen atoms in total. The Morgan fingerprint density at radius 3 is 2.72 bits per heavy atom. The molecule has 18 heavy (non-hydrogen) atoms. The van der Waals surface area contributed by atoms with Gasteiger partial charge in [-0.1, -0.05) is 23.2 Å². The van der Waals surface area contributed by atoms with Gasteiger partial charge in [0.25, 0.3) is 0 Å². The van der Waals surface area contributed by atoms with Crippen molar-refractivity contribution in [2.24, 2.45) is 0 Å². The summed E-state index contributed by atoms with van der Waals surface area (Å²) >= 11 is 11.9. The highest BCUT2D eigenvalue weighted by Gasteiger charge is 2.08. The highest BCUT2D eigenvalue weighted by atomic mass is 35.5. The first-order valence-electron chi connectivity index (χ1n) is 5.19. The van der Waals surface area contributed by atoms with E-state index in [1.165, 1.54) is 0 Å². The van der Waals surface area contributed by atoms with E-state index in [9.17, 15) is 0 Å². The summed E-state index contributed by atoms with van der Waals surface area (Å²) in [5.41, 5.74) is 2.03. The average molecular weight is 278 g/mol. The van der Waals surface area contributed by atoms with Crippen LogP contribution in [0, 0.1) is 18.3 Å². The van der Waals surface area contributed by atoms with Crippen LogP contribution in [0.3, 0.4) is 0 Å². The number of hydrogen-bond donors (Lipinski definition) is 1. The summed E-state index contributed by atoms with van der Waals surface area (Å²) in [7, 11) is 0. The van der Waals surface area contributed by atoms with E-state index in [2.05, 4.69) is 16.4 Å². The molecule has 1 aromatic carbocycles. The van der Waals surface area contributed by atoms with Crippen LogP contribution < -0.4 is 5.32 Å². The van der Waals surface area contributed by atoms with Gasteiger partial charge in [-0.15, -0.1) is 0 Å². The summed E-state index contributed by atoms with van der Waals surface area (Å²) in [6, 6.07) is 9.00. The zero-order valence-electron chi connectivity index (χ0n) is 9.54. The first-order valence-corrected chi connectivity index (χ1v) is 5.95. The summed E-state index contributed by atoms with van der Waals surface area (Å²) in [4.78, 5) is 4.14. The predicted octanol–water partition coefficient (Wildman–Crippen LogP) is 4.31. The zero-order valence-corrected chi connectivity index (χ0v) is 11.0. The average Bonchev–Trinajstić information content (AvgIpc) is 2.33. The maximum Gasteiger partial charge on any atom is 0.148 e. The van der Waals surface area contributed by atoms with Crippen LogP contribution in [0.4, 0.5) is 11.5 Å². The van der Waals surface area contributed by atoms with Crippen LogP contribution in [0.25, 0.3) is 0 Å². The van der Waals surface area contributed by atoms with E-state index in [0.717, 1.165) is 5.56 Å². The number of halogens is 2. The van der Waals surface area contributed by atoms with Crippen LogP contribution in [-0.4, -0.2) is 4.98 Å². The Bertz CT molecular complexity index is 633. The van der Waals surface area contributed by atoms with Gasteiger partial charge in [-0.05, 0) is 36.8 Å². The van der Waals surface area contributed by atoms with E-state index in [4.69, 9.17) is 28.5 Å². The normalized spacial score (nSPS) is 9.89. The van der Waals surface area contributed by atoms with E-state index < -0.39 is 0 Å². The van der Waals surface area contributed by atoms with Crippen LogP contribution in [0.15, 0.2) is 30.5 Å². The van der Waals surface area contributed by atoms with Gasteiger partial charge in [0.1, 0.15) is 11.9 Å². The molecule has 0 aliphatic heterocycles. The van der Waals surface area contributed by atoms with E-state index in [1.54, 1.807) is 30.5 Å². The maximum atomic E-state index is 9.11. The zero-order chi connectivity index (χ0) is 13.1. The molecule has 0 atom stereocenters. The fourth-order valence-electron chi connectivity index (χ4n) is 1.51. The Morgan fingerprint density at radius 1 is 1.28 bits per heavy atom. The largest absolute Gasteiger partial charge is 0.338 e. The molecule has 0 radical (unpaired) electrons. The number of rotatable bonds is 2. The van der Waals surface area contributed by atoms with Crippen molar-refractivity contribution in [3.8, 4) is 6.07 Å². The monoisotopic (exact) mass is 277 g/mol. The molecule has 0 amide bonds. The van der Waals surface area contributed by atoms with Gasteiger partial charge in [-0.25, -0.2) is 4.98 Å². The van der Waals surface area contributed by atoms with Crippen LogP contribution in [-0.2, 0) is 0 Å². The fourth-order valence-corrected chi connectivity index (χ4v) is 1.97. The molecule has 1 heterocycles. The minimum absolute atomic E-state index is 0.481. The number of hydrogen-bond acceptors (Lipinski definition) is 3. The van der Waals surface area contributed by atoms with Gasteiger partial charge in [0.15, 0.2) is 0 Å². The number of nitrogens with zero attached hydrogens (tertiary/aromatic N) is 2. The predicted molar refractivity (Wildman–Crippen MR) is 73.4 cm³/mol. The summed E-state index contributed by atoms with van der Waals surface area (Å²) in [6.45, 7) is 1.86. The van der Waals surface area contributed by atoms with Crippen molar-refractivity contribution in [2.45, 2.75) is 6.92 Å². The minimum Gasteiger partial charge on any atom is -0.338 e. The van der Waals surface area contributed by atoms with Crippen molar-refractivity contribution < 1.29 is 0 Å². The summed E-state index contributed by atoms with van der Waals surface area (Å²) in [5, 5.41) is 13.2. The van der Waals surface area contributed by atoms with Gasteiger partial charge in [-0.3, -0.25) is 0 Å². The molecule has 0 aliphatic rings. The third-order valence-electron chi connectivity index (χ3n) is 2.46. The highest BCUT2D eigenvalue weighted by Crippen LogP contribution is 2.29.